The Balaban J connectivity index is 1.67. The molecule has 1 fully saturated rings. The Morgan fingerprint density at radius 1 is 1.21 bits per heavy atom. The predicted octanol–water partition coefficient (Wildman–Crippen LogP) is 2.55. The second kappa shape index (κ2) is 6.11. The highest BCUT2D eigenvalue weighted by atomic mass is 35.5. The maximum Gasteiger partial charge on any atom is 0.267 e. The van der Waals surface area contributed by atoms with Crippen molar-refractivity contribution in [3.05, 3.63) is 52.3 Å². The zero-order valence-corrected chi connectivity index (χ0v) is 16.9. The molecule has 0 radical (unpaired) electrons. The minimum absolute atomic E-state index is 0.0104. The van der Waals surface area contributed by atoms with Crippen LogP contribution in [-0.2, 0) is 9.84 Å². The first-order valence-corrected chi connectivity index (χ1v) is 11.2. The highest BCUT2D eigenvalue weighted by Gasteiger charge is 2.41. The van der Waals surface area contributed by atoms with Crippen molar-refractivity contribution in [1.82, 2.24) is 14.8 Å². The maximum atomic E-state index is 13.2. The highest BCUT2D eigenvalue weighted by Crippen LogP contribution is 2.36. The van der Waals surface area contributed by atoms with E-state index in [1.54, 1.807) is 35.9 Å². The molecule has 0 aliphatic carbocycles. The molecule has 3 aromatic rings. The average Bonchev–Trinajstić information content (AvgIpc) is 3.27. The number of carbonyl (C=O) groups excluding carboxylic acids is 2. The standard InChI is InChI=1S/C19H15ClN4O4S/c1-10-15-16-14(18(25)23(19(16)26)12-4-2-3-11(20)7-12)8-21-17(15)24(22-10)13-5-6-29(27,28)9-13/h2-4,7-8,13H,5-6,9H2,1H3. The molecule has 10 heteroatoms. The van der Waals surface area contributed by atoms with Crippen molar-refractivity contribution in [2.75, 3.05) is 16.4 Å². The van der Waals surface area contributed by atoms with Gasteiger partial charge in [0, 0.05) is 11.2 Å². The number of nitrogens with zero attached hydrogens (tertiary/aromatic N) is 4. The van der Waals surface area contributed by atoms with Gasteiger partial charge in [0.1, 0.15) is 0 Å². The summed E-state index contributed by atoms with van der Waals surface area (Å²) in [6, 6.07) is 6.18. The van der Waals surface area contributed by atoms with Gasteiger partial charge in [0.15, 0.2) is 15.5 Å². The Morgan fingerprint density at radius 2 is 2.00 bits per heavy atom. The first-order chi connectivity index (χ1) is 13.8. The molecule has 2 amide bonds. The molecule has 1 saturated heterocycles. The highest BCUT2D eigenvalue weighted by molar-refractivity contribution is 7.91. The second-order valence-corrected chi connectivity index (χ2v) is 9.92. The first kappa shape index (κ1) is 18.3. The quantitative estimate of drug-likeness (QED) is 0.579. The fraction of sp³-hybridized carbons (Fsp3) is 0.263. The third-order valence-electron chi connectivity index (χ3n) is 5.37. The lowest BCUT2D eigenvalue weighted by Gasteiger charge is -2.13. The van der Waals surface area contributed by atoms with E-state index in [4.69, 9.17) is 11.6 Å². The largest absolute Gasteiger partial charge is 0.268 e. The zero-order valence-electron chi connectivity index (χ0n) is 15.3. The summed E-state index contributed by atoms with van der Waals surface area (Å²) < 4.78 is 25.4. The van der Waals surface area contributed by atoms with E-state index in [0.717, 1.165) is 4.90 Å². The lowest BCUT2D eigenvalue weighted by Crippen LogP contribution is -2.29. The van der Waals surface area contributed by atoms with Crippen LogP contribution in [0.5, 0.6) is 0 Å². The van der Waals surface area contributed by atoms with E-state index in [9.17, 15) is 18.0 Å². The number of sulfone groups is 1. The summed E-state index contributed by atoms with van der Waals surface area (Å²) >= 11 is 6.03. The Bertz CT molecular complexity index is 1330. The fourth-order valence-electron chi connectivity index (χ4n) is 4.06. The van der Waals surface area contributed by atoms with Crippen LogP contribution in [0.15, 0.2) is 30.5 Å². The number of hydrogen-bond donors (Lipinski definition) is 0. The van der Waals surface area contributed by atoms with Gasteiger partial charge in [-0.3, -0.25) is 9.59 Å². The molecule has 2 aliphatic heterocycles. The average molecular weight is 431 g/mol. The topological polar surface area (TPSA) is 102 Å². The number of rotatable bonds is 2. The Hall–Kier alpha value is -2.78. The SMILES string of the molecule is Cc1nn(C2CCS(=O)(=O)C2)c2ncc3c(c12)C(=O)N(c1cccc(Cl)c1)C3=O. The number of halogens is 1. The van der Waals surface area contributed by atoms with E-state index in [0.29, 0.717) is 33.9 Å². The molecule has 1 atom stereocenters. The lowest BCUT2D eigenvalue weighted by molar-refractivity contribution is 0.0926. The van der Waals surface area contributed by atoms with Gasteiger partial charge in [0.05, 0.1) is 45.4 Å². The number of aromatic nitrogens is 3. The van der Waals surface area contributed by atoms with Gasteiger partial charge >= 0.3 is 0 Å². The molecule has 2 aliphatic rings. The van der Waals surface area contributed by atoms with Gasteiger partial charge < -0.3 is 0 Å². The molecule has 29 heavy (non-hydrogen) atoms. The monoisotopic (exact) mass is 430 g/mol. The number of carbonyl (C=O) groups is 2. The molecule has 0 bridgehead atoms. The molecular formula is C19H15ClN4O4S. The van der Waals surface area contributed by atoms with Crippen LogP contribution in [0, 0.1) is 6.92 Å². The summed E-state index contributed by atoms with van der Waals surface area (Å²) in [5.41, 5.74) is 1.76. The summed E-state index contributed by atoms with van der Waals surface area (Å²) in [7, 11) is -3.11. The number of amides is 2. The third kappa shape index (κ3) is 2.68. The lowest BCUT2D eigenvalue weighted by atomic mass is 10.1. The number of anilines is 1. The fourth-order valence-corrected chi connectivity index (χ4v) is 5.93. The van der Waals surface area contributed by atoms with Gasteiger partial charge in [-0.15, -0.1) is 0 Å². The number of hydrogen-bond acceptors (Lipinski definition) is 6. The normalized spacial score (nSPS) is 20.6. The van der Waals surface area contributed by atoms with Crippen LogP contribution in [0.4, 0.5) is 5.69 Å². The summed E-state index contributed by atoms with van der Waals surface area (Å²) in [4.78, 5) is 31.6. The summed E-state index contributed by atoms with van der Waals surface area (Å²) in [5.74, 6) is -0.856. The van der Waals surface area contributed by atoms with Crippen molar-refractivity contribution in [3.8, 4) is 0 Å². The van der Waals surface area contributed by atoms with Crippen LogP contribution in [0.3, 0.4) is 0 Å². The second-order valence-electron chi connectivity index (χ2n) is 7.26. The van der Waals surface area contributed by atoms with Crippen molar-refractivity contribution in [3.63, 3.8) is 0 Å². The van der Waals surface area contributed by atoms with E-state index in [1.807, 2.05) is 0 Å². The molecule has 0 saturated carbocycles. The summed E-state index contributed by atoms with van der Waals surface area (Å²) in [5, 5.41) is 5.36. The van der Waals surface area contributed by atoms with Crippen LogP contribution < -0.4 is 4.90 Å². The van der Waals surface area contributed by atoms with Gasteiger partial charge in [-0.1, -0.05) is 17.7 Å². The van der Waals surface area contributed by atoms with E-state index in [2.05, 4.69) is 10.1 Å². The van der Waals surface area contributed by atoms with E-state index in [1.165, 1.54) is 6.20 Å². The minimum atomic E-state index is -3.11. The number of benzene rings is 1. The molecule has 1 unspecified atom stereocenters. The van der Waals surface area contributed by atoms with Gasteiger partial charge in [-0.05, 0) is 31.5 Å². The predicted molar refractivity (Wildman–Crippen MR) is 107 cm³/mol. The Kier molecular flexibility index (Phi) is 3.85. The van der Waals surface area contributed by atoms with Gasteiger partial charge in [-0.25, -0.2) is 23.0 Å². The third-order valence-corrected chi connectivity index (χ3v) is 7.35. The van der Waals surface area contributed by atoms with Gasteiger partial charge in [-0.2, -0.15) is 5.10 Å². The van der Waals surface area contributed by atoms with Crippen molar-refractivity contribution in [1.29, 1.82) is 0 Å². The van der Waals surface area contributed by atoms with Crippen molar-refractivity contribution < 1.29 is 18.0 Å². The molecule has 0 N–H and O–H groups in total. The molecule has 148 valence electrons. The molecule has 0 spiro atoms. The molecule has 2 aromatic heterocycles. The maximum absolute atomic E-state index is 13.2. The molecule has 5 rings (SSSR count). The minimum Gasteiger partial charge on any atom is -0.268 e. The van der Waals surface area contributed by atoms with Crippen molar-refractivity contribution in [2.45, 2.75) is 19.4 Å². The summed E-state index contributed by atoms with van der Waals surface area (Å²) in [6.45, 7) is 1.73. The number of pyridine rings is 1. The summed E-state index contributed by atoms with van der Waals surface area (Å²) in [6.07, 6.45) is 1.81. The smallest absolute Gasteiger partial charge is 0.267 e. The van der Waals surface area contributed by atoms with E-state index in [-0.39, 0.29) is 28.7 Å². The van der Waals surface area contributed by atoms with Crippen LogP contribution in [0.1, 0.15) is 38.9 Å². The molecule has 1 aromatic carbocycles. The number of aryl methyl sites for hydroxylation is 1. The Labute approximate surface area is 171 Å². The van der Waals surface area contributed by atoms with Crippen LogP contribution in [-0.4, -0.2) is 46.5 Å². The van der Waals surface area contributed by atoms with Gasteiger partial charge in [0.25, 0.3) is 11.8 Å². The van der Waals surface area contributed by atoms with Gasteiger partial charge in [0.2, 0.25) is 0 Å². The molecule has 4 heterocycles. The number of imide groups is 1. The number of fused-ring (bicyclic) bond motifs is 3. The van der Waals surface area contributed by atoms with E-state index < -0.39 is 21.7 Å². The Morgan fingerprint density at radius 3 is 2.69 bits per heavy atom. The molecule has 8 nitrogen and oxygen atoms in total. The van der Waals surface area contributed by atoms with Crippen molar-refractivity contribution >= 4 is 50.0 Å². The van der Waals surface area contributed by atoms with Crippen LogP contribution >= 0.6 is 11.6 Å². The van der Waals surface area contributed by atoms with Crippen LogP contribution in [0.25, 0.3) is 11.0 Å². The molecular weight excluding hydrogens is 416 g/mol. The first-order valence-electron chi connectivity index (χ1n) is 8.99. The van der Waals surface area contributed by atoms with Crippen LogP contribution in [0.2, 0.25) is 5.02 Å². The zero-order chi connectivity index (χ0) is 20.5. The van der Waals surface area contributed by atoms with E-state index >= 15 is 0 Å². The van der Waals surface area contributed by atoms with Crippen molar-refractivity contribution in [2.24, 2.45) is 0 Å².